The van der Waals surface area contributed by atoms with Crippen LogP contribution in [0.5, 0.6) is 0 Å². The molecule has 1 amide bonds. The lowest BCUT2D eigenvalue weighted by atomic mass is 10.2. The fraction of sp³-hybridized carbons (Fsp3) is 0.737. The van der Waals surface area contributed by atoms with Crippen molar-refractivity contribution in [2.24, 2.45) is 0 Å². The number of likely N-dealkylation sites (tertiary alicyclic amines) is 1. The van der Waals surface area contributed by atoms with Crippen LogP contribution in [0.3, 0.4) is 0 Å². The highest BCUT2D eigenvalue weighted by molar-refractivity contribution is 6.76. The van der Waals surface area contributed by atoms with Crippen LogP contribution in [0.2, 0.25) is 25.7 Å². The standard InChI is InChI=1S/C19H33N3O5Si/c1-19(2,3)27-18(25)21-9-7-8-14(21)16-20-12-15(17(23)24)22(16)13-26-10-11-28(4,5)6/h12,14H,7-11,13H2,1-6H3,(H,23,24)/t14-/m0/s1. The fourth-order valence-corrected chi connectivity index (χ4v) is 3.83. The molecule has 1 aromatic rings. The lowest BCUT2D eigenvalue weighted by molar-refractivity contribution is 0.0203. The Hall–Kier alpha value is -1.87. The summed E-state index contributed by atoms with van der Waals surface area (Å²) >= 11 is 0. The molecule has 0 aromatic carbocycles. The Balaban J connectivity index is 2.19. The summed E-state index contributed by atoms with van der Waals surface area (Å²) in [7, 11) is -1.24. The predicted octanol–water partition coefficient (Wildman–Crippen LogP) is 3.97. The second-order valence-electron chi connectivity index (χ2n) is 9.41. The Morgan fingerprint density at radius 2 is 2.00 bits per heavy atom. The molecule has 9 heteroatoms. The van der Waals surface area contributed by atoms with E-state index in [1.807, 2.05) is 20.8 Å². The molecule has 0 bridgehead atoms. The summed E-state index contributed by atoms with van der Waals surface area (Å²) in [6.45, 7) is 13.5. The number of carboxylic acids is 1. The topological polar surface area (TPSA) is 93.9 Å². The maximum atomic E-state index is 12.6. The van der Waals surface area contributed by atoms with E-state index < -0.39 is 25.7 Å². The maximum absolute atomic E-state index is 12.6. The molecule has 2 heterocycles. The molecule has 1 saturated heterocycles. The molecule has 0 spiro atoms. The minimum atomic E-state index is -1.24. The van der Waals surface area contributed by atoms with Gasteiger partial charge < -0.3 is 14.6 Å². The van der Waals surface area contributed by atoms with Crippen molar-refractivity contribution in [1.82, 2.24) is 14.5 Å². The number of imidazole rings is 1. The molecule has 1 N–H and O–H groups in total. The number of rotatable bonds is 7. The van der Waals surface area contributed by atoms with Gasteiger partial charge in [-0.15, -0.1) is 0 Å². The van der Waals surface area contributed by atoms with Crippen LogP contribution in [0.4, 0.5) is 4.79 Å². The summed E-state index contributed by atoms with van der Waals surface area (Å²) < 4.78 is 12.9. The van der Waals surface area contributed by atoms with Crippen molar-refractivity contribution in [2.45, 2.75) is 77.7 Å². The first-order valence-electron chi connectivity index (χ1n) is 9.75. The van der Waals surface area contributed by atoms with Gasteiger partial charge in [-0.3, -0.25) is 9.47 Å². The Labute approximate surface area is 167 Å². The van der Waals surface area contributed by atoms with Gasteiger partial charge in [0, 0.05) is 21.2 Å². The lowest BCUT2D eigenvalue weighted by Gasteiger charge is -2.28. The van der Waals surface area contributed by atoms with Crippen LogP contribution < -0.4 is 0 Å². The van der Waals surface area contributed by atoms with Crippen molar-refractivity contribution in [2.75, 3.05) is 13.2 Å². The van der Waals surface area contributed by atoms with E-state index in [9.17, 15) is 14.7 Å². The van der Waals surface area contributed by atoms with Gasteiger partial charge in [-0.2, -0.15) is 0 Å². The van der Waals surface area contributed by atoms with Gasteiger partial charge in [-0.05, 0) is 39.7 Å². The molecular formula is C19H33N3O5Si. The third-order valence-electron chi connectivity index (χ3n) is 4.50. The van der Waals surface area contributed by atoms with Crippen molar-refractivity contribution in [3.8, 4) is 0 Å². The fourth-order valence-electron chi connectivity index (χ4n) is 3.07. The number of hydrogen-bond donors (Lipinski definition) is 1. The van der Waals surface area contributed by atoms with E-state index in [1.54, 1.807) is 9.47 Å². The van der Waals surface area contributed by atoms with Crippen LogP contribution in [-0.2, 0) is 16.2 Å². The Kier molecular flexibility index (Phi) is 6.92. The van der Waals surface area contributed by atoms with Crippen LogP contribution in [0.1, 0.15) is 56.0 Å². The Morgan fingerprint density at radius 3 is 2.57 bits per heavy atom. The van der Waals surface area contributed by atoms with Crippen molar-refractivity contribution in [1.29, 1.82) is 0 Å². The summed E-state index contributed by atoms with van der Waals surface area (Å²) in [5.74, 6) is -0.525. The number of ether oxygens (including phenoxy) is 2. The number of carboxylic acid groups (broad SMARTS) is 1. The first-order valence-corrected chi connectivity index (χ1v) is 13.5. The second kappa shape index (κ2) is 8.65. The van der Waals surface area contributed by atoms with Gasteiger partial charge in [0.2, 0.25) is 0 Å². The Morgan fingerprint density at radius 1 is 1.32 bits per heavy atom. The maximum Gasteiger partial charge on any atom is 0.410 e. The predicted molar refractivity (Wildman–Crippen MR) is 108 cm³/mol. The first kappa shape index (κ1) is 22.4. The van der Waals surface area contributed by atoms with Gasteiger partial charge in [0.1, 0.15) is 23.9 Å². The zero-order valence-corrected chi connectivity index (χ0v) is 18.8. The van der Waals surface area contributed by atoms with Gasteiger partial charge in [0.25, 0.3) is 0 Å². The van der Waals surface area contributed by atoms with E-state index in [4.69, 9.17) is 9.47 Å². The van der Waals surface area contributed by atoms with Gasteiger partial charge in [0.15, 0.2) is 0 Å². The molecule has 0 unspecified atom stereocenters. The average molecular weight is 412 g/mol. The summed E-state index contributed by atoms with van der Waals surface area (Å²) in [5.41, 5.74) is -0.523. The number of hydrogen-bond acceptors (Lipinski definition) is 5. The van der Waals surface area contributed by atoms with Crippen LogP contribution >= 0.6 is 0 Å². The molecule has 0 radical (unpaired) electrons. The Bertz CT molecular complexity index is 705. The zero-order valence-electron chi connectivity index (χ0n) is 17.8. The van der Waals surface area contributed by atoms with Crippen LogP contribution in [0.25, 0.3) is 0 Å². The molecule has 1 aliphatic rings. The monoisotopic (exact) mass is 411 g/mol. The molecule has 0 aliphatic carbocycles. The van der Waals surface area contributed by atoms with Crippen LogP contribution in [-0.4, -0.2) is 58.4 Å². The van der Waals surface area contributed by atoms with E-state index in [0.717, 1.165) is 12.5 Å². The summed E-state index contributed by atoms with van der Waals surface area (Å²) in [6, 6.07) is 0.677. The van der Waals surface area contributed by atoms with E-state index in [2.05, 4.69) is 24.6 Å². The van der Waals surface area contributed by atoms with Gasteiger partial charge in [0.05, 0.1) is 12.2 Å². The average Bonchev–Trinajstić information content (AvgIpc) is 3.15. The first-order chi connectivity index (χ1) is 12.9. The molecule has 8 nitrogen and oxygen atoms in total. The van der Waals surface area contributed by atoms with E-state index >= 15 is 0 Å². The number of carbonyl (C=O) groups excluding carboxylic acids is 1. The minimum absolute atomic E-state index is 0.0686. The van der Waals surface area contributed by atoms with E-state index in [1.165, 1.54) is 6.20 Å². The van der Waals surface area contributed by atoms with Crippen molar-refractivity contribution in [3.63, 3.8) is 0 Å². The van der Waals surface area contributed by atoms with Gasteiger partial charge >= 0.3 is 12.1 Å². The van der Waals surface area contributed by atoms with Crippen LogP contribution in [0.15, 0.2) is 6.20 Å². The zero-order chi connectivity index (χ0) is 21.1. The molecule has 0 saturated carbocycles. The highest BCUT2D eigenvalue weighted by atomic mass is 28.3. The van der Waals surface area contributed by atoms with Crippen molar-refractivity contribution in [3.05, 3.63) is 17.7 Å². The number of nitrogens with zero attached hydrogens (tertiary/aromatic N) is 3. The van der Waals surface area contributed by atoms with Crippen LogP contribution in [0, 0.1) is 0 Å². The lowest BCUT2D eigenvalue weighted by Crippen LogP contribution is -2.37. The minimum Gasteiger partial charge on any atom is -0.477 e. The molecule has 1 atom stereocenters. The van der Waals surface area contributed by atoms with Crippen molar-refractivity contribution >= 4 is 20.1 Å². The summed E-state index contributed by atoms with van der Waals surface area (Å²) in [5, 5.41) is 9.52. The van der Waals surface area contributed by atoms with E-state index in [0.29, 0.717) is 25.4 Å². The smallest absolute Gasteiger partial charge is 0.410 e. The number of carbonyl (C=O) groups is 2. The SMILES string of the molecule is CC(C)(C)OC(=O)N1CCC[C@H]1c1ncc(C(=O)O)n1COCC[Si](C)(C)C. The summed E-state index contributed by atoms with van der Waals surface area (Å²) in [4.78, 5) is 30.2. The molecule has 28 heavy (non-hydrogen) atoms. The highest BCUT2D eigenvalue weighted by Gasteiger charge is 2.36. The molecule has 2 rings (SSSR count). The molecule has 1 aliphatic heterocycles. The third-order valence-corrected chi connectivity index (χ3v) is 6.21. The third kappa shape index (κ3) is 6.06. The molecule has 1 fully saturated rings. The van der Waals surface area contributed by atoms with Gasteiger partial charge in [-0.1, -0.05) is 19.6 Å². The summed E-state index contributed by atoms with van der Waals surface area (Å²) in [6.07, 6.45) is 2.46. The highest BCUT2D eigenvalue weighted by Crippen LogP contribution is 2.33. The molecular weight excluding hydrogens is 378 g/mol. The largest absolute Gasteiger partial charge is 0.477 e. The quantitative estimate of drug-likeness (QED) is 0.539. The number of aromatic carboxylic acids is 1. The normalized spacial score (nSPS) is 17.8. The number of aromatic nitrogens is 2. The van der Waals surface area contributed by atoms with Crippen molar-refractivity contribution < 1.29 is 24.2 Å². The second-order valence-corrected chi connectivity index (χ2v) is 15.0. The molecule has 1 aromatic heterocycles. The van der Waals surface area contributed by atoms with E-state index in [-0.39, 0.29) is 18.5 Å². The number of amides is 1. The molecule has 158 valence electrons. The van der Waals surface area contributed by atoms with Gasteiger partial charge in [-0.25, -0.2) is 14.6 Å².